The highest BCUT2D eigenvalue weighted by Crippen LogP contribution is 2.18. The Balaban J connectivity index is 2.86. The van der Waals surface area contributed by atoms with Gasteiger partial charge in [-0.05, 0) is 24.6 Å². The maximum absolute atomic E-state index is 5.21. The van der Waals surface area contributed by atoms with Crippen molar-refractivity contribution < 1.29 is 4.74 Å². The van der Waals surface area contributed by atoms with Gasteiger partial charge in [-0.2, -0.15) is 12.6 Å². The van der Waals surface area contributed by atoms with E-state index in [-0.39, 0.29) is 0 Å². The number of aryl methyl sites for hydroxylation is 1. The second-order valence-corrected chi connectivity index (χ2v) is 3.41. The molecule has 14 heavy (non-hydrogen) atoms. The van der Waals surface area contributed by atoms with E-state index in [1.54, 1.807) is 7.11 Å². The summed E-state index contributed by atoms with van der Waals surface area (Å²) >= 11 is 4.09. The molecule has 74 valence electrons. The molecule has 0 heterocycles. The molecule has 1 rings (SSSR count). The highest BCUT2D eigenvalue weighted by Gasteiger charge is 1.97. The Kier molecular flexibility index (Phi) is 4.42. The summed E-state index contributed by atoms with van der Waals surface area (Å²) in [7, 11) is 1.67. The highest BCUT2D eigenvalue weighted by atomic mass is 32.1. The van der Waals surface area contributed by atoms with E-state index in [2.05, 4.69) is 24.5 Å². The molecule has 0 aliphatic carbocycles. The highest BCUT2D eigenvalue weighted by molar-refractivity contribution is 7.80. The minimum absolute atomic E-state index is 0.802. The predicted molar refractivity (Wildman–Crippen MR) is 63.1 cm³/mol. The van der Waals surface area contributed by atoms with Crippen molar-refractivity contribution in [1.29, 1.82) is 0 Å². The fraction of sp³-hybridized carbons (Fsp3) is 0.333. The van der Waals surface area contributed by atoms with Crippen LogP contribution in [0.25, 0.3) is 0 Å². The van der Waals surface area contributed by atoms with Gasteiger partial charge in [0, 0.05) is 17.7 Å². The van der Waals surface area contributed by atoms with E-state index in [1.807, 2.05) is 25.1 Å². The van der Waals surface area contributed by atoms with Crippen molar-refractivity contribution >= 4 is 12.6 Å². The van der Waals surface area contributed by atoms with Crippen molar-refractivity contribution in [3.8, 4) is 17.6 Å². The zero-order valence-corrected chi connectivity index (χ0v) is 9.40. The minimum Gasteiger partial charge on any atom is -0.496 e. The number of methoxy groups -OCH3 is 1. The summed E-state index contributed by atoms with van der Waals surface area (Å²) in [5, 5.41) is 0. The summed E-state index contributed by atoms with van der Waals surface area (Å²) in [5.74, 6) is 7.80. The van der Waals surface area contributed by atoms with Gasteiger partial charge in [-0.25, -0.2) is 0 Å². The van der Waals surface area contributed by atoms with E-state index in [1.165, 1.54) is 0 Å². The molecule has 0 unspecified atom stereocenters. The van der Waals surface area contributed by atoms with Crippen LogP contribution in [-0.4, -0.2) is 12.9 Å². The lowest BCUT2D eigenvalue weighted by Crippen LogP contribution is -1.87. The molecule has 0 amide bonds. The Morgan fingerprint density at radius 1 is 1.43 bits per heavy atom. The van der Waals surface area contributed by atoms with Gasteiger partial charge in [0.1, 0.15) is 5.75 Å². The van der Waals surface area contributed by atoms with Gasteiger partial charge in [-0.1, -0.05) is 17.9 Å². The standard InChI is InChI=1S/C12H14OS/c1-10-6-7-11(5-3-4-8-14)9-12(10)13-2/h6-7,9,14H,4,8H2,1-2H3. The molecule has 2 heteroatoms. The van der Waals surface area contributed by atoms with Crippen LogP contribution in [0.3, 0.4) is 0 Å². The summed E-state index contributed by atoms with van der Waals surface area (Å²) in [6.07, 6.45) is 0.819. The lowest BCUT2D eigenvalue weighted by atomic mass is 10.1. The average Bonchev–Trinajstić information content (AvgIpc) is 2.21. The number of thiol groups is 1. The predicted octanol–water partition coefficient (Wildman–Crippen LogP) is 2.68. The van der Waals surface area contributed by atoms with E-state index in [0.717, 1.165) is 29.1 Å². The zero-order chi connectivity index (χ0) is 10.4. The number of ether oxygens (including phenoxy) is 1. The number of rotatable bonds is 2. The molecule has 0 aliphatic heterocycles. The summed E-state index contributed by atoms with van der Waals surface area (Å²) < 4.78 is 5.21. The second-order valence-electron chi connectivity index (χ2n) is 2.96. The van der Waals surface area contributed by atoms with Crippen LogP contribution in [0, 0.1) is 18.8 Å². The topological polar surface area (TPSA) is 9.23 Å². The second kappa shape index (κ2) is 5.62. The molecule has 0 aliphatic rings. The smallest absolute Gasteiger partial charge is 0.123 e. The van der Waals surface area contributed by atoms with Crippen molar-refractivity contribution in [2.24, 2.45) is 0 Å². The quantitative estimate of drug-likeness (QED) is 0.578. The molecule has 0 saturated carbocycles. The van der Waals surface area contributed by atoms with Gasteiger partial charge in [0.2, 0.25) is 0 Å². The van der Waals surface area contributed by atoms with Crippen LogP contribution in [0.2, 0.25) is 0 Å². The molecular formula is C12H14OS. The van der Waals surface area contributed by atoms with Gasteiger partial charge in [0.05, 0.1) is 7.11 Å². The largest absolute Gasteiger partial charge is 0.496 e. The van der Waals surface area contributed by atoms with Crippen LogP contribution in [-0.2, 0) is 0 Å². The Hall–Kier alpha value is -1.07. The van der Waals surface area contributed by atoms with E-state index < -0.39 is 0 Å². The SMILES string of the molecule is COc1cc(C#CCCS)ccc1C. The van der Waals surface area contributed by atoms with Gasteiger partial charge >= 0.3 is 0 Å². The molecule has 0 atom stereocenters. The van der Waals surface area contributed by atoms with Gasteiger partial charge < -0.3 is 4.74 Å². The van der Waals surface area contributed by atoms with Gasteiger partial charge in [0.25, 0.3) is 0 Å². The van der Waals surface area contributed by atoms with E-state index in [0.29, 0.717) is 0 Å². The Morgan fingerprint density at radius 2 is 2.21 bits per heavy atom. The molecule has 0 saturated heterocycles. The van der Waals surface area contributed by atoms with Crippen LogP contribution in [0.1, 0.15) is 17.5 Å². The van der Waals surface area contributed by atoms with E-state index in [4.69, 9.17) is 4.74 Å². The van der Waals surface area contributed by atoms with Gasteiger partial charge in [-0.3, -0.25) is 0 Å². The number of hydrogen-bond acceptors (Lipinski definition) is 2. The minimum atomic E-state index is 0.802. The van der Waals surface area contributed by atoms with Crippen molar-refractivity contribution in [3.63, 3.8) is 0 Å². The van der Waals surface area contributed by atoms with Crippen molar-refractivity contribution in [3.05, 3.63) is 29.3 Å². The van der Waals surface area contributed by atoms with Gasteiger partial charge in [0.15, 0.2) is 0 Å². The molecule has 1 nitrogen and oxygen atoms in total. The Morgan fingerprint density at radius 3 is 2.86 bits per heavy atom. The summed E-state index contributed by atoms with van der Waals surface area (Å²) in [6.45, 7) is 2.02. The first-order chi connectivity index (χ1) is 6.77. The van der Waals surface area contributed by atoms with Crippen LogP contribution in [0.5, 0.6) is 5.75 Å². The fourth-order valence-electron chi connectivity index (χ4n) is 1.12. The van der Waals surface area contributed by atoms with Gasteiger partial charge in [-0.15, -0.1) is 0 Å². The van der Waals surface area contributed by atoms with Crippen molar-refractivity contribution in [2.45, 2.75) is 13.3 Å². The molecule has 0 aromatic heterocycles. The number of benzene rings is 1. The van der Waals surface area contributed by atoms with Crippen LogP contribution in [0.15, 0.2) is 18.2 Å². The third-order valence-electron chi connectivity index (χ3n) is 1.88. The van der Waals surface area contributed by atoms with Crippen molar-refractivity contribution in [2.75, 3.05) is 12.9 Å². The molecule has 1 aromatic rings. The molecule has 1 aromatic carbocycles. The lowest BCUT2D eigenvalue weighted by molar-refractivity contribution is 0.411. The average molecular weight is 206 g/mol. The third kappa shape index (κ3) is 3.01. The van der Waals surface area contributed by atoms with E-state index >= 15 is 0 Å². The normalized spacial score (nSPS) is 9.07. The summed E-state index contributed by atoms with van der Waals surface area (Å²) in [5.41, 5.74) is 2.13. The monoisotopic (exact) mass is 206 g/mol. The Labute approximate surface area is 90.9 Å². The number of hydrogen-bond donors (Lipinski definition) is 1. The fourth-order valence-corrected chi connectivity index (χ4v) is 1.23. The molecule has 0 fully saturated rings. The maximum atomic E-state index is 5.21. The Bertz CT molecular complexity index is 360. The molecule has 0 spiro atoms. The van der Waals surface area contributed by atoms with E-state index in [9.17, 15) is 0 Å². The summed E-state index contributed by atoms with van der Waals surface area (Å²) in [6, 6.07) is 5.98. The van der Waals surface area contributed by atoms with Crippen LogP contribution < -0.4 is 4.74 Å². The molecule has 0 N–H and O–H groups in total. The first kappa shape index (κ1) is 11.0. The molecule has 0 bridgehead atoms. The molecule has 0 radical (unpaired) electrons. The molecular weight excluding hydrogens is 192 g/mol. The van der Waals surface area contributed by atoms with Crippen molar-refractivity contribution in [1.82, 2.24) is 0 Å². The maximum Gasteiger partial charge on any atom is 0.123 e. The zero-order valence-electron chi connectivity index (χ0n) is 8.50. The van der Waals surface area contributed by atoms with Crippen LogP contribution in [0.4, 0.5) is 0 Å². The van der Waals surface area contributed by atoms with Crippen LogP contribution >= 0.6 is 12.6 Å². The summed E-state index contributed by atoms with van der Waals surface area (Å²) in [4.78, 5) is 0. The first-order valence-electron chi connectivity index (χ1n) is 4.52. The lowest BCUT2D eigenvalue weighted by Gasteiger charge is -2.03. The third-order valence-corrected chi connectivity index (χ3v) is 2.10. The first-order valence-corrected chi connectivity index (χ1v) is 5.15.